The van der Waals surface area contributed by atoms with Gasteiger partial charge in [-0.05, 0) is 62.1 Å². The molecule has 0 bridgehead atoms. The van der Waals surface area contributed by atoms with Crippen molar-refractivity contribution in [2.24, 2.45) is 0 Å². The minimum atomic E-state index is -0.367. The number of halogens is 1. The third-order valence-corrected chi connectivity index (χ3v) is 5.22. The fourth-order valence-electron chi connectivity index (χ4n) is 3.57. The summed E-state index contributed by atoms with van der Waals surface area (Å²) in [5.74, 6) is -0.723. The monoisotopic (exact) mass is 404 g/mol. The highest BCUT2D eigenvalue weighted by Crippen LogP contribution is 2.29. The quantitative estimate of drug-likeness (QED) is 0.639. The number of nitrogens with one attached hydrogen (secondary N) is 1. The lowest BCUT2D eigenvalue weighted by molar-refractivity contribution is -0.111. The topological polar surface area (TPSA) is 79.9 Å². The van der Waals surface area contributed by atoms with Crippen LogP contribution in [0.25, 0.3) is 17.0 Å². The van der Waals surface area contributed by atoms with Crippen LogP contribution in [0.5, 0.6) is 0 Å². The van der Waals surface area contributed by atoms with E-state index in [9.17, 15) is 14.4 Å². The Kier molecular flexibility index (Phi) is 5.59. The van der Waals surface area contributed by atoms with E-state index in [1.807, 2.05) is 18.2 Å². The highest BCUT2D eigenvalue weighted by atomic mass is 19.1. The Labute approximate surface area is 173 Å². The molecule has 3 aromatic rings. The minimum Gasteiger partial charge on any atom is -0.356 e. The molecule has 2 aromatic carbocycles. The fraction of sp³-hybridized carbons (Fsp3) is 0.261. The number of ether oxygens (including phenoxy) is 1. The first-order valence-electron chi connectivity index (χ1n) is 9.85. The molecule has 1 aromatic heterocycles. The van der Waals surface area contributed by atoms with Crippen molar-refractivity contribution in [2.45, 2.75) is 32.4 Å². The maximum atomic E-state index is 13.6. The molecule has 1 amide bonds. The zero-order chi connectivity index (χ0) is 21.1. The Balaban J connectivity index is 1.59. The van der Waals surface area contributed by atoms with Crippen molar-refractivity contribution in [1.29, 1.82) is 5.26 Å². The third kappa shape index (κ3) is 3.95. The van der Waals surface area contributed by atoms with Crippen LogP contribution < -0.4 is 5.32 Å². The normalized spacial score (nSPS) is 16.6. The number of benzene rings is 2. The van der Waals surface area contributed by atoms with Gasteiger partial charge < -0.3 is 10.1 Å². The maximum Gasteiger partial charge on any atom is 0.248 e. The van der Waals surface area contributed by atoms with Crippen molar-refractivity contribution in [3.8, 4) is 6.07 Å². The molecule has 1 aliphatic rings. The summed E-state index contributed by atoms with van der Waals surface area (Å²) < 4.78 is 21.2. The third-order valence-electron chi connectivity index (χ3n) is 5.22. The number of amides is 1. The van der Waals surface area contributed by atoms with E-state index >= 15 is 0 Å². The van der Waals surface area contributed by atoms with Gasteiger partial charge in [-0.3, -0.25) is 4.79 Å². The molecule has 1 fully saturated rings. The molecular weight excluding hydrogens is 383 g/mol. The van der Waals surface area contributed by atoms with Crippen molar-refractivity contribution in [3.05, 3.63) is 65.1 Å². The maximum absolute atomic E-state index is 13.6. The lowest BCUT2D eigenvalue weighted by atomic mass is 10.1. The Hall–Kier alpha value is -3.50. The van der Waals surface area contributed by atoms with E-state index < -0.39 is 0 Å². The van der Waals surface area contributed by atoms with Crippen LogP contribution in [0.2, 0.25) is 0 Å². The number of nitrogens with zero attached hydrogens (tertiary/aromatic N) is 3. The number of aromatic nitrogens is 2. The van der Waals surface area contributed by atoms with Crippen LogP contribution in [0.3, 0.4) is 0 Å². The zero-order valence-corrected chi connectivity index (χ0v) is 16.6. The lowest BCUT2D eigenvalue weighted by Gasteiger charge is -2.23. The Morgan fingerprint density at radius 2 is 2.23 bits per heavy atom. The summed E-state index contributed by atoms with van der Waals surface area (Å²) in [6, 6.07) is 12.2. The van der Waals surface area contributed by atoms with E-state index in [4.69, 9.17) is 4.74 Å². The van der Waals surface area contributed by atoms with Crippen LogP contribution in [0.4, 0.5) is 10.1 Å². The largest absolute Gasteiger partial charge is 0.356 e. The predicted molar refractivity (Wildman–Crippen MR) is 112 cm³/mol. The summed E-state index contributed by atoms with van der Waals surface area (Å²) in [5, 5.41) is 17.3. The summed E-state index contributed by atoms with van der Waals surface area (Å²) in [6.07, 6.45) is 5.80. The number of rotatable bonds is 4. The van der Waals surface area contributed by atoms with Crippen LogP contribution in [0.1, 0.15) is 42.3 Å². The molecule has 1 saturated heterocycles. The SMILES string of the molecule is Cc1c(F)cccc1NC(=O)/C=C/c1ccc2c(C#N)nn(C3CCCCO3)c2c1. The summed E-state index contributed by atoms with van der Waals surface area (Å²) >= 11 is 0. The van der Waals surface area contributed by atoms with E-state index in [1.54, 1.807) is 29.8 Å². The molecule has 1 aliphatic heterocycles. The second-order valence-corrected chi connectivity index (χ2v) is 7.24. The number of hydrogen-bond donors (Lipinski definition) is 1. The van der Waals surface area contributed by atoms with Crippen LogP contribution in [-0.2, 0) is 9.53 Å². The summed E-state index contributed by atoms with van der Waals surface area (Å²) in [5.41, 5.74) is 2.76. The first kappa shape index (κ1) is 19.8. The van der Waals surface area contributed by atoms with Crippen molar-refractivity contribution < 1.29 is 13.9 Å². The minimum absolute atomic E-state index is 0.193. The lowest BCUT2D eigenvalue weighted by Crippen LogP contribution is -2.19. The average molecular weight is 404 g/mol. The van der Waals surface area contributed by atoms with Crippen LogP contribution in [0.15, 0.2) is 42.5 Å². The Morgan fingerprint density at radius 3 is 3.00 bits per heavy atom. The van der Waals surface area contributed by atoms with Gasteiger partial charge in [-0.25, -0.2) is 9.07 Å². The fourth-order valence-corrected chi connectivity index (χ4v) is 3.57. The second kappa shape index (κ2) is 8.47. The molecule has 0 spiro atoms. The van der Waals surface area contributed by atoms with E-state index in [1.165, 1.54) is 12.1 Å². The first-order chi connectivity index (χ1) is 14.6. The number of nitriles is 1. The number of anilines is 1. The van der Waals surface area contributed by atoms with Crippen LogP contribution >= 0.6 is 0 Å². The van der Waals surface area contributed by atoms with Gasteiger partial charge in [0, 0.05) is 29.3 Å². The van der Waals surface area contributed by atoms with Crippen molar-refractivity contribution in [1.82, 2.24) is 9.78 Å². The van der Waals surface area contributed by atoms with Gasteiger partial charge in [-0.1, -0.05) is 12.1 Å². The van der Waals surface area contributed by atoms with Crippen molar-refractivity contribution >= 4 is 28.6 Å². The van der Waals surface area contributed by atoms with Gasteiger partial charge in [-0.15, -0.1) is 0 Å². The molecule has 1 N–H and O–H groups in total. The molecule has 0 saturated carbocycles. The smallest absolute Gasteiger partial charge is 0.248 e. The van der Waals surface area contributed by atoms with Crippen molar-refractivity contribution in [3.63, 3.8) is 0 Å². The highest BCUT2D eigenvalue weighted by molar-refractivity contribution is 6.02. The van der Waals surface area contributed by atoms with Crippen LogP contribution in [0, 0.1) is 24.1 Å². The predicted octanol–water partition coefficient (Wildman–Crippen LogP) is 4.71. The molecule has 2 heterocycles. The molecule has 1 unspecified atom stereocenters. The van der Waals surface area contributed by atoms with Gasteiger partial charge in [0.25, 0.3) is 0 Å². The average Bonchev–Trinajstić information content (AvgIpc) is 3.14. The molecule has 7 heteroatoms. The molecule has 6 nitrogen and oxygen atoms in total. The van der Waals surface area contributed by atoms with Gasteiger partial charge >= 0.3 is 0 Å². The number of carbonyl (C=O) groups is 1. The summed E-state index contributed by atoms with van der Waals surface area (Å²) in [6.45, 7) is 2.29. The number of fused-ring (bicyclic) bond motifs is 1. The van der Waals surface area contributed by atoms with Crippen molar-refractivity contribution in [2.75, 3.05) is 11.9 Å². The molecule has 152 valence electrons. The Morgan fingerprint density at radius 1 is 1.37 bits per heavy atom. The van der Waals surface area contributed by atoms with E-state index in [-0.39, 0.29) is 18.0 Å². The van der Waals surface area contributed by atoms with Gasteiger partial charge in [0.2, 0.25) is 5.91 Å². The molecule has 1 atom stereocenters. The first-order valence-corrected chi connectivity index (χ1v) is 9.85. The molecule has 0 aliphatic carbocycles. The molecule has 0 radical (unpaired) electrons. The van der Waals surface area contributed by atoms with E-state index in [2.05, 4.69) is 16.5 Å². The summed E-state index contributed by atoms with van der Waals surface area (Å²) in [4.78, 5) is 12.3. The standard InChI is InChI=1S/C23H21FN4O2/c1-15-18(24)5-4-6-19(15)26-22(29)11-9-16-8-10-17-20(14-25)27-28(21(17)13-16)23-7-2-3-12-30-23/h4-6,8-11,13,23H,2-3,7,12H2,1H3,(H,26,29)/b11-9+. The van der Waals surface area contributed by atoms with Crippen LogP contribution in [-0.4, -0.2) is 22.3 Å². The number of carbonyl (C=O) groups excluding carboxylic acids is 1. The molecular formula is C23H21FN4O2. The second-order valence-electron chi connectivity index (χ2n) is 7.24. The van der Waals surface area contributed by atoms with Gasteiger partial charge in [0.15, 0.2) is 11.9 Å². The molecule has 30 heavy (non-hydrogen) atoms. The van der Waals surface area contributed by atoms with E-state index in [0.717, 1.165) is 35.7 Å². The summed E-state index contributed by atoms with van der Waals surface area (Å²) in [7, 11) is 0. The highest BCUT2D eigenvalue weighted by Gasteiger charge is 2.21. The van der Waals surface area contributed by atoms with E-state index in [0.29, 0.717) is 23.6 Å². The zero-order valence-electron chi connectivity index (χ0n) is 16.6. The van der Waals surface area contributed by atoms with Gasteiger partial charge in [-0.2, -0.15) is 10.4 Å². The number of hydrogen-bond acceptors (Lipinski definition) is 4. The molecule has 4 rings (SSSR count). The van der Waals surface area contributed by atoms with Gasteiger partial charge in [0.05, 0.1) is 5.52 Å². The van der Waals surface area contributed by atoms with Gasteiger partial charge in [0.1, 0.15) is 11.9 Å². The Bertz CT molecular complexity index is 1170.